The van der Waals surface area contributed by atoms with Crippen LogP contribution in [0, 0.1) is 0 Å². The van der Waals surface area contributed by atoms with Crippen molar-refractivity contribution in [3.63, 3.8) is 0 Å². The first kappa shape index (κ1) is 20.1. The van der Waals surface area contributed by atoms with E-state index in [1.54, 1.807) is 10.6 Å². The van der Waals surface area contributed by atoms with Crippen LogP contribution in [-0.4, -0.2) is 27.3 Å². The Bertz CT molecular complexity index is 1000. The van der Waals surface area contributed by atoms with Gasteiger partial charge in [-0.3, -0.25) is 14.2 Å². The maximum Gasteiger partial charge on any atom is 0.262 e. The highest BCUT2D eigenvalue weighted by molar-refractivity contribution is 7.99. The summed E-state index contributed by atoms with van der Waals surface area (Å²) in [7, 11) is 0. The molecule has 0 aliphatic rings. The van der Waals surface area contributed by atoms with Crippen LogP contribution in [0.4, 0.5) is 0 Å². The molecule has 146 valence electrons. The Morgan fingerprint density at radius 3 is 2.61 bits per heavy atom. The quantitative estimate of drug-likeness (QED) is 0.467. The zero-order chi connectivity index (χ0) is 19.9. The molecule has 0 radical (unpaired) electrons. The van der Waals surface area contributed by atoms with Crippen LogP contribution in [0.2, 0.25) is 0 Å². The highest BCUT2D eigenvalue weighted by Gasteiger charge is 2.13. The van der Waals surface area contributed by atoms with E-state index in [2.05, 4.69) is 22.4 Å². The molecule has 1 aromatic heterocycles. The summed E-state index contributed by atoms with van der Waals surface area (Å²) in [5.41, 5.74) is 1.87. The molecule has 1 amide bonds. The molecule has 0 unspecified atom stereocenters. The van der Waals surface area contributed by atoms with Crippen molar-refractivity contribution >= 4 is 28.6 Å². The third-order valence-corrected chi connectivity index (χ3v) is 5.57. The third-order valence-electron chi connectivity index (χ3n) is 4.59. The number of benzene rings is 2. The van der Waals surface area contributed by atoms with Crippen molar-refractivity contribution < 1.29 is 4.79 Å². The van der Waals surface area contributed by atoms with E-state index >= 15 is 0 Å². The van der Waals surface area contributed by atoms with Gasteiger partial charge in [-0.05, 0) is 44.4 Å². The van der Waals surface area contributed by atoms with Gasteiger partial charge in [0.05, 0.1) is 16.7 Å². The first-order valence-corrected chi connectivity index (χ1v) is 10.5. The minimum Gasteiger partial charge on any atom is -0.353 e. The lowest BCUT2D eigenvalue weighted by molar-refractivity contribution is -0.119. The molecule has 2 aromatic carbocycles. The maximum atomic E-state index is 12.6. The van der Waals surface area contributed by atoms with E-state index in [4.69, 9.17) is 0 Å². The largest absolute Gasteiger partial charge is 0.353 e. The number of para-hydroxylation sites is 1. The molecule has 3 rings (SSSR count). The molecule has 3 aromatic rings. The lowest BCUT2D eigenvalue weighted by Gasteiger charge is -2.15. The summed E-state index contributed by atoms with van der Waals surface area (Å²) in [6.45, 7) is 4.45. The predicted octanol–water partition coefficient (Wildman–Crippen LogP) is 3.65. The number of carbonyl (C=O) groups is 1. The number of hydrogen-bond donors (Lipinski definition) is 1. The van der Waals surface area contributed by atoms with Gasteiger partial charge in [0.25, 0.3) is 5.56 Å². The van der Waals surface area contributed by atoms with Crippen molar-refractivity contribution in [3.05, 3.63) is 70.5 Å². The fourth-order valence-corrected chi connectivity index (χ4v) is 3.96. The van der Waals surface area contributed by atoms with Gasteiger partial charge in [-0.15, -0.1) is 0 Å². The van der Waals surface area contributed by atoms with Crippen molar-refractivity contribution in [2.75, 3.05) is 5.75 Å². The zero-order valence-corrected chi connectivity index (χ0v) is 17.0. The number of nitrogens with one attached hydrogen (secondary N) is 1. The van der Waals surface area contributed by atoms with Gasteiger partial charge in [-0.2, -0.15) is 0 Å². The molecule has 1 atom stereocenters. The molecule has 0 aliphatic heterocycles. The van der Waals surface area contributed by atoms with Crippen molar-refractivity contribution in [2.45, 2.75) is 44.4 Å². The van der Waals surface area contributed by atoms with E-state index in [9.17, 15) is 9.59 Å². The molecule has 0 aliphatic carbocycles. The first-order chi connectivity index (χ1) is 13.6. The second-order valence-electron chi connectivity index (χ2n) is 6.74. The number of rotatable bonds is 8. The second-order valence-corrected chi connectivity index (χ2v) is 7.68. The summed E-state index contributed by atoms with van der Waals surface area (Å²) < 4.78 is 1.62. The Morgan fingerprint density at radius 2 is 1.86 bits per heavy atom. The first-order valence-electron chi connectivity index (χ1n) is 9.54. The fraction of sp³-hybridized carbons (Fsp3) is 0.318. The number of amides is 1. The average Bonchev–Trinajstić information content (AvgIpc) is 2.71. The standard InChI is InChI=1S/C22H25N3O2S/c1-3-25-21(27)18-11-7-8-12-19(18)24-22(25)28-15-20(26)23-16(2)13-14-17-9-5-4-6-10-17/h4-12,16H,3,13-15H2,1-2H3,(H,23,26)/t16-/m1/s1. The van der Waals surface area contributed by atoms with Gasteiger partial charge in [0, 0.05) is 12.6 Å². The van der Waals surface area contributed by atoms with Crippen molar-refractivity contribution in [1.82, 2.24) is 14.9 Å². The van der Waals surface area contributed by atoms with Crippen molar-refractivity contribution in [2.24, 2.45) is 0 Å². The Labute approximate surface area is 169 Å². The van der Waals surface area contributed by atoms with Gasteiger partial charge >= 0.3 is 0 Å². The normalized spacial score (nSPS) is 12.1. The number of carbonyl (C=O) groups excluding carboxylic acids is 1. The van der Waals surface area contributed by atoms with Crippen molar-refractivity contribution in [3.8, 4) is 0 Å². The Morgan fingerprint density at radius 1 is 1.14 bits per heavy atom. The number of nitrogens with zero attached hydrogens (tertiary/aromatic N) is 2. The van der Waals surface area contributed by atoms with Gasteiger partial charge in [-0.1, -0.05) is 54.2 Å². The zero-order valence-electron chi connectivity index (χ0n) is 16.2. The van der Waals surface area contributed by atoms with Gasteiger partial charge in [0.2, 0.25) is 5.91 Å². The molecule has 0 saturated carbocycles. The number of thioether (sulfide) groups is 1. The number of hydrogen-bond acceptors (Lipinski definition) is 4. The molecule has 0 saturated heterocycles. The molecule has 6 heteroatoms. The van der Waals surface area contributed by atoms with Gasteiger partial charge in [-0.25, -0.2) is 4.98 Å². The SMILES string of the molecule is CCn1c(SCC(=O)N[C@H](C)CCc2ccccc2)nc2ccccc2c1=O. The van der Waals surface area contributed by atoms with E-state index < -0.39 is 0 Å². The van der Waals surface area contributed by atoms with Crippen molar-refractivity contribution in [1.29, 1.82) is 0 Å². The van der Waals surface area contributed by atoms with Gasteiger partial charge in [0.15, 0.2) is 5.16 Å². The monoisotopic (exact) mass is 395 g/mol. The molecule has 28 heavy (non-hydrogen) atoms. The summed E-state index contributed by atoms with van der Waals surface area (Å²) in [5.74, 6) is 0.191. The van der Waals surface area contributed by atoms with Crippen LogP contribution < -0.4 is 10.9 Å². The summed E-state index contributed by atoms with van der Waals surface area (Å²) in [4.78, 5) is 29.6. The van der Waals surface area contributed by atoms with Crippen LogP contribution in [-0.2, 0) is 17.8 Å². The minimum atomic E-state index is -0.0627. The summed E-state index contributed by atoms with van der Waals surface area (Å²) in [6, 6.07) is 17.6. The van der Waals surface area contributed by atoms with E-state index in [-0.39, 0.29) is 23.3 Å². The average molecular weight is 396 g/mol. The van der Waals surface area contributed by atoms with Crippen LogP contribution >= 0.6 is 11.8 Å². The molecular weight excluding hydrogens is 370 g/mol. The summed E-state index contributed by atoms with van der Waals surface area (Å²) >= 11 is 1.31. The Kier molecular flexibility index (Phi) is 6.87. The predicted molar refractivity (Wildman–Crippen MR) is 115 cm³/mol. The van der Waals surface area contributed by atoms with Gasteiger partial charge < -0.3 is 5.32 Å². The molecular formula is C22H25N3O2S. The number of aromatic nitrogens is 2. The molecule has 0 bridgehead atoms. The highest BCUT2D eigenvalue weighted by Crippen LogP contribution is 2.17. The van der Waals surface area contributed by atoms with E-state index in [0.717, 1.165) is 12.8 Å². The lowest BCUT2D eigenvalue weighted by Crippen LogP contribution is -2.34. The van der Waals surface area contributed by atoms with E-state index in [1.165, 1.54) is 17.3 Å². The number of aryl methyl sites for hydroxylation is 1. The van der Waals surface area contributed by atoms with Crippen LogP contribution in [0.15, 0.2) is 64.5 Å². The van der Waals surface area contributed by atoms with E-state index in [1.807, 2.05) is 50.2 Å². The molecule has 5 nitrogen and oxygen atoms in total. The lowest BCUT2D eigenvalue weighted by atomic mass is 10.1. The molecule has 1 heterocycles. The number of fused-ring (bicyclic) bond motifs is 1. The smallest absolute Gasteiger partial charge is 0.262 e. The molecule has 1 N–H and O–H groups in total. The van der Waals surface area contributed by atoms with Gasteiger partial charge in [0.1, 0.15) is 0 Å². The minimum absolute atomic E-state index is 0.0457. The summed E-state index contributed by atoms with van der Waals surface area (Å²) in [6.07, 6.45) is 1.81. The Balaban J connectivity index is 1.59. The fourth-order valence-electron chi connectivity index (χ4n) is 3.08. The van der Waals surface area contributed by atoms with E-state index in [0.29, 0.717) is 22.6 Å². The topological polar surface area (TPSA) is 64.0 Å². The highest BCUT2D eigenvalue weighted by atomic mass is 32.2. The maximum absolute atomic E-state index is 12.6. The van der Waals surface area contributed by atoms with Crippen LogP contribution in [0.5, 0.6) is 0 Å². The van der Waals surface area contributed by atoms with Crippen LogP contribution in [0.1, 0.15) is 25.8 Å². The molecule has 0 spiro atoms. The molecule has 0 fully saturated rings. The Hall–Kier alpha value is -2.60. The van der Waals surface area contributed by atoms with Crippen LogP contribution in [0.3, 0.4) is 0 Å². The summed E-state index contributed by atoms with van der Waals surface area (Å²) in [5, 5.41) is 4.22. The van der Waals surface area contributed by atoms with Crippen LogP contribution in [0.25, 0.3) is 10.9 Å². The second kappa shape index (κ2) is 9.55. The third kappa shape index (κ3) is 5.01.